The Morgan fingerprint density at radius 3 is 0.811 bits per heavy atom. The molecule has 0 spiro atoms. The zero-order valence-electron chi connectivity index (χ0n) is 18.7. The first kappa shape index (κ1) is 28.2. The molecule has 13 heteroatoms. The molecule has 2 aromatic carbocycles. The molecule has 0 unspecified atom stereocenters. The molecular formula is C24H16CuN6O6. The van der Waals surface area contributed by atoms with E-state index in [0.29, 0.717) is 0 Å². The molecule has 37 heavy (non-hydrogen) atoms. The van der Waals surface area contributed by atoms with Gasteiger partial charge in [0, 0.05) is 46.3 Å². The minimum Gasteiger partial charge on any atom is -0.356 e. The van der Waals surface area contributed by atoms with Gasteiger partial charge in [0.1, 0.15) is 0 Å². The van der Waals surface area contributed by atoms with E-state index in [1.54, 1.807) is 24.8 Å². The Kier molecular flexibility index (Phi) is 10.5. The van der Waals surface area contributed by atoms with Crippen LogP contribution in [0.2, 0.25) is 0 Å². The van der Waals surface area contributed by atoms with Crippen molar-refractivity contribution in [3.63, 3.8) is 0 Å². The van der Waals surface area contributed by atoms with E-state index in [2.05, 4.69) is 68.5 Å². The Morgan fingerprint density at radius 2 is 0.622 bits per heavy atom. The van der Waals surface area contributed by atoms with Gasteiger partial charge in [-0.3, -0.25) is 19.9 Å². The molecule has 6 rings (SSSR count). The fraction of sp³-hybridized carbons (Fsp3) is 0. The summed E-state index contributed by atoms with van der Waals surface area (Å²) in [7, 11) is 0. The van der Waals surface area contributed by atoms with Crippen LogP contribution in [-0.2, 0) is 17.1 Å². The van der Waals surface area contributed by atoms with Crippen LogP contribution in [0.4, 0.5) is 0 Å². The van der Waals surface area contributed by atoms with Gasteiger partial charge in [0.15, 0.2) is 0 Å². The van der Waals surface area contributed by atoms with E-state index in [0.717, 1.165) is 43.6 Å². The van der Waals surface area contributed by atoms with Crippen molar-refractivity contribution in [3.8, 4) is 0 Å². The number of pyridine rings is 4. The van der Waals surface area contributed by atoms with Crippen molar-refractivity contribution in [3.05, 3.63) is 128 Å². The molecule has 0 N–H and O–H groups in total. The van der Waals surface area contributed by atoms with Gasteiger partial charge in [-0.15, -0.1) is 0 Å². The van der Waals surface area contributed by atoms with Gasteiger partial charge in [-0.05, 0) is 24.3 Å². The maximum absolute atomic E-state index is 8.25. The number of rotatable bonds is 0. The SMILES string of the molecule is O=[N+]([O-])[O-].O=[N+]([O-])[O-].[Cu+2].c1cnc2c(c1)ccc1cccnc12.c1cnc2c(c1)ccc1cccnc12. The topological polar surface area (TPSA) is 184 Å². The summed E-state index contributed by atoms with van der Waals surface area (Å²) in [4.78, 5) is 33.9. The van der Waals surface area contributed by atoms with Gasteiger partial charge < -0.3 is 30.6 Å². The third kappa shape index (κ3) is 8.02. The van der Waals surface area contributed by atoms with Crippen LogP contribution in [0.3, 0.4) is 0 Å². The van der Waals surface area contributed by atoms with E-state index in [-0.39, 0.29) is 17.1 Å². The Hall–Kier alpha value is -5.00. The van der Waals surface area contributed by atoms with Crippen molar-refractivity contribution < 1.29 is 27.2 Å². The Morgan fingerprint density at radius 1 is 0.432 bits per heavy atom. The third-order valence-corrected chi connectivity index (χ3v) is 4.69. The average Bonchev–Trinajstić information content (AvgIpc) is 2.88. The zero-order valence-corrected chi connectivity index (χ0v) is 19.6. The minimum absolute atomic E-state index is 0. The molecule has 0 bridgehead atoms. The molecule has 1 radical (unpaired) electrons. The summed E-state index contributed by atoms with van der Waals surface area (Å²) in [6, 6.07) is 24.3. The molecule has 0 aliphatic rings. The standard InChI is InChI=1S/2C12H8N2.Cu.2NO3/c2*1-3-9-5-6-10-4-2-8-14-12(10)11(9)13-7-1;;2*2-1(3)4/h2*1-8H;;;/q;;+2;2*-1. The molecule has 0 saturated carbocycles. The summed E-state index contributed by atoms with van der Waals surface area (Å²) in [5.41, 5.74) is 3.91. The van der Waals surface area contributed by atoms with Crippen LogP contribution in [0.25, 0.3) is 43.6 Å². The van der Waals surface area contributed by atoms with Gasteiger partial charge in [-0.1, -0.05) is 48.5 Å². The largest absolute Gasteiger partial charge is 2.00 e. The fourth-order valence-electron chi connectivity index (χ4n) is 3.36. The summed E-state index contributed by atoms with van der Waals surface area (Å²) in [6.07, 6.45) is 7.21. The van der Waals surface area contributed by atoms with Crippen LogP contribution in [-0.4, -0.2) is 30.1 Å². The Labute approximate surface area is 219 Å². The van der Waals surface area contributed by atoms with Crippen molar-refractivity contribution in [2.75, 3.05) is 0 Å². The maximum atomic E-state index is 8.25. The van der Waals surface area contributed by atoms with Crippen molar-refractivity contribution in [2.45, 2.75) is 0 Å². The van der Waals surface area contributed by atoms with Crippen LogP contribution in [0.15, 0.2) is 97.6 Å². The van der Waals surface area contributed by atoms with Crippen LogP contribution in [0.1, 0.15) is 0 Å². The molecule has 12 nitrogen and oxygen atoms in total. The van der Waals surface area contributed by atoms with Crippen LogP contribution in [0.5, 0.6) is 0 Å². The number of nitrogens with zero attached hydrogens (tertiary/aromatic N) is 6. The van der Waals surface area contributed by atoms with Crippen molar-refractivity contribution in [2.24, 2.45) is 0 Å². The van der Waals surface area contributed by atoms with E-state index >= 15 is 0 Å². The molecule has 0 amide bonds. The smallest absolute Gasteiger partial charge is 0.356 e. The van der Waals surface area contributed by atoms with E-state index in [1.807, 2.05) is 24.3 Å². The summed E-state index contributed by atoms with van der Waals surface area (Å²) < 4.78 is 0. The summed E-state index contributed by atoms with van der Waals surface area (Å²) in [6.45, 7) is 0. The molecule has 0 atom stereocenters. The molecule has 0 aliphatic heterocycles. The van der Waals surface area contributed by atoms with Crippen LogP contribution >= 0.6 is 0 Å². The van der Waals surface area contributed by atoms with Crippen molar-refractivity contribution in [1.82, 2.24) is 19.9 Å². The first-order chi connectivity index (χ1) is 17.4. The van der Waals surface area contributed by atoms with E-state index in [4.69, 9.17) is 30.6 Å². The first-order valence-corrected chi connectivity index (χ1v) is 10.2. The maximum Gasteiger partial charge on any atom is 2.00 e. The van der Waals surface area contributed by atoms with E-state index in [1.165, 1.54) is 0 Å². The van der Waals surface area contributed by atoms with Gasteiger partial charge in [0.05, 0.1) is 32.2 Å². The molecule has 4 heterocycles. The molecule has 4 aromatic heterocycles. The predicted octanol–water partition coefficient (Wildman–Crippen LogP) is 5.09. The van der Waals surface area contributed by atoms with Gasteiger partial charge >= 0.3 is 17.1 Å². The monoisotopic (exact) mass is 547 g/mol. The Balaban J connectivity index is 0.000000199. The van der Waals surface area contributed by atoms with Crippen LogP contribution < -0.4 is 0 Å². The molecule has 0 aliphatic carbocycles. The van der Waals surface area contributed by atoms with Gasteiger partial charge in [-0.2, -0.15) is 0 Å². The molecule has 0 saturated heterocycles. The quantitative estimate of drug-likeness (QED) is 0.107. The first-order valence-electron chi connectivity index (χ1n) is 10.2. The second-order valence-electron chi connectivity index (χ2n) is 6.88. The van der Waals surface area contributed by atoms with Gasteiger partial charge in [-0.25, -0.2) is 0 Å². The third-order valence-electron chi connectivity index (χ3n) is 4.69. The van der Waals surface area contributed by atoms with Crippen LogP contribution in [0, 0.1) is 30.6 Å². The normalized spacial score (nSPS) is 9.51. The summed E-state index contributed by atoms with van der Waals surface area (Å²) in [5, 5.41) is 34.1. The number of fused-ring (bicyclic) bond motifs is 6. The number of hydrogen-bond acceptors (Lipinski definition) is 10. The fourth-order valence-corrected chi connectivity index (χ4v) is 3.36. The minimum atomic E-state index is -1.75. The van der Waals surface area contributed by atoms with E-state index in [9.17, 15) is 0 Å². The van der Waals surface area contributed by atoms with Crippen molar-refractivity contribution >= 4 is 43.6 Å². The average molecular weight is 548 g/mol. The molecule has 6 aromatic rings. The van der Waals surface area contributed by atoms with Gasteiger partial charge in [0.25, 0.3) is 0 Å². The second kappa shape index (κ2) is 13.8. The molecular weight excluding hydrogens is 532 g/mol. The zero-order chi connectivity index (χ0) is 25.9. The molecule has 189 valence electrons. The number of benzene rings is 2. The summed E-state index contributed by atoms with van der Waals surface area (Å²) in [5.74, 6) is 0. The Bertz CT molecular complexity index is 1410. The van der Waals surface area contributed by atoms with Crippen molar-refractivity contribution in [1.29, 1.82) is 0 Å². The number of hydrogen-bond donors (Lipinski definition) is 0. The predicted molar refractivity (Wildman–Crippen MR) is 135 cm³/mol. The molecule has 0 fully saturated rings. The second-order valence-corrected chi connectivity index (χ2v) is 6.88. The van der Waals surface area contributed by atoms with Gasteiger partial charge in [0.2, 0.25) is 0 Å². The summed E-state index contributed by atoms with van der Waals surface area (Å²) >= 11 is 0. The van der Waals surface area contributed by atoms with E-state index < -0.39 is 10.2 Å². The number of aromatic nitrogens is 4.